The van der Waals surface area contributed by atoms with Crippen LogP contribution in [-0.4, -0.2) is 12.5 Å². The van der Waals surface area contributed by atoms with Crippen LogP contribution in [0.25, 0.3) is 0 Å². The van der Waals surface area contributed by atoms with Crippen LogP contribution < -0.4 is 15.0 Å². The summed E-state index contributed by atoms with van der Waals surface area (Å²) in [6.07, 6.45) is 10.2. The molecule has 0 amide bonds. The van der Waals surface area contributed by atoms with Crippen molar-refractivity contribution in [2.24, 2.45) is 0 Å². The summed E-state index contributed by atoms with van der Waals surface area (Å²) in [7, 11) is 0. The van der Waals surface area contributed by atoms with E-state index in [4.69, 9.17) is 9.47 Å². The lowest BCUT2D eigenvalue weighted by atomic mass is 9.77. The first-order chi connectivity index (χ1) is 24.0. The molecule has 2 aliphatic rings. The second kappa shape index (κ2) is 14.2. The first-order valence-electron chi connectivity index (χ1n) is 17.9. The van der Waals surface area contributed by atoms with E-state index in [-0.39, 0.29) is 5.97 Å². The molecular formula is C44H46N2O3. The lowest BCUT2D eigenvalue weighted by Gasteiger charge is -2.38. The number of para-hydroxylation sites is 1. The van der Waals surface area contributed by atoms with Crippen LogP contribution in [-0.2, 0) is 10.3 Å². The number of aryl methyl sites for hydroxylation is 2. The summed E-state index contributed by atoms with van der Waals surface area (Å²) >= 11 is 0. The van der Waals surface area contributed by atoms with E-state index >= 15 is 0 Å². The molecule has 49 heavy (non-hydrogen) atoms. The summed E-state index contributed by atoms with van der Waals surface area (Å²) in [5.41, 5.74) is 8.32. The smallest absolute Gasteiger partial charge is 0.340 e. The quantitative estimate of drug-likeness (QED) is 0.101. The van der Waals surface area contributed by atoms with Gasteiger partial charge in [0.05, 0.1) is 5.56 Å². The minimum absolute atomic E-state index is 0.326. The van der Waals surface area contributed by atoms with Gasteiger partial charge in [-0.3, -0.25) is 0 Å². The van der Waals surface area contributed by atoms with Crippen molar-refractivity contribution in [3.63, 3.8) is 0 Å². The Hall–Kier alpha value is -5.03. The number of carbonyl (C=O) groups is 1. The topological polar surface area (TPSA) is 50.8 Å². The fraction of sp³-hybridized carbons (Fsp3) is 0.295. The molecule has 5 nitrogen and oxygen atoms in total. The third-order valence-electron chi connectivity index (χ3n) is 9.99. The molecule has 0 saturated carbocycles. The molecule has 0 saturated heterocycles. The normalized spacial score (nSPS) is 15.6. The number of rotatable bonds is 13. The molecule has 0 aliphatic carbocycles. The van der Waals surface area contributed by atoms with E-state index in [1.807, 2.05) is 54.6 Å². The Kier molecular flexibility index (Phi) is 9.43. The molecule has 0 fully saturated rings. The Balaban J connectivity index is 1.27. The summed E-state index contributed by atoms with van der Waals surface area (Å²) in [5.74, 6) is 1.06. The molecule has 1 spiro atoms. The van der Waals surface area contributed by atoms with Gasteiger partial charge in [-0.25, -0.2) is 4.79 Å². The molecule has 2 aliphatic heterocycles. The first kappa shape index (κ1) is 32.5. The van der Waals surface area contributed by atoms with Crippen LogP contribution in [0.2, 0.25) is 0 Å². The van der Waals surface area contributed by atoms with Gasteiger partial charge in [-0.1, -0.05) is 106 Å². The van der Waals surface area contributed by atoms with Gasteiger partial charge < -0.3 is 19.7 Å². The highest BCUT2D eigenvalue weighted by Gasteiger charge is 2.53. The molecule has 250 valence electrons. The van der Waals surface area contributed by atoms with Gasteiger partial charge in [0.15, 0.2) is 5.60 Å². The standard InChI is InChI=1S/C44H46N2O3/c1-4-5-6-7-8-9-10-16-27-46(34-23-21-31(2)22-24-34)35-25-26-38-42(29-35)48-41-28-32(3)40(45-33-17-12-11-13-18-33)30-39(41)44(38)37-20-15-14-19-36(37)43(47)49-44/h11-15,17-26,28-30,45H,4-10,16,27H2,1-3H3. The van der Waals surface area contributed by atoms with Gasteiger partial charge in [0, 0.05) is 52.1 Å². The number of unbranched alkanes of at least 4 members (excludes halogenated alkanes) is 7. The molecule has 1 unspecified atom stereocenters. The number of nitrogens with zero attached hydrogens (tertiary/aromatic N) is 1. The van der Waals surface area contributed by atoms with E-state index in [1.54, 1.807) is 0 Å². The van der Waals surface area contributed by atoms with E-state index in [0.717, 1.165) is 58.0 Å². The summed E-state index contributed by atoms with van der Waals surface area (Å²) in [5, 5.41) is 3.57. The van der Waals surface area contributed by atoms with Gasteiger partial charge in [-0.2, -0.15) is 0 Å². The average molecular weight is 651 g/mol. The van der Waals surface area contributed by atoms with Gasteiger partial charge in [0.2, 0.25) is 0 Å². The SMILES string of the molecule is CCCCCCCCCCN(c1ccc(C)cc1)c1ccc2c(c1)Oc1cc(C)c(Nc3ccccc3)cc1C21OC(=O)c2ccccc21. The van der Waals surface area contributed by atoms with Gasteiger partial charge in [0.1, 0.15) is 11.5 Å². The van der Waals surface area contributed by atoms with Crippen molar-refractivity contribution >= 4 is 28.7 Å². The van der Waals surface area contributed by atoms with Crippen LogP contribution in [0.15, 0.2) is 109 Å². The van der Waals surface area contributed by atoms with E-state index in [1.165, 1.54) is 50.5 Å². The highest BCUT2D eigenvalue weighted by atomic mass is 16.6. The predicted octanol–water partition coefficient (Wildman–Crippen LogP) is 11.9. The van der Waals surface area contributed by atoms with Gasteiger partial charge in [-0.15, -0.1) is 0 Å². The van der Waals surface area contributed by atoms with Crippen LogP contribution in [0.5, 0.6) is 11.5 Å². The van der Waals surface area contributed by atoms with Gasteiger partial charge >= 0.3 is 5.97 Å². The first-order valence-corrected chi connectivity index (χ1v) is 17.9. The maximum atomic E-state index is 13.5. The monoisotopic (exact) mass is 650 g/mol. The number of hydrogen-bond donors (Lipinski definition) is 1. The molecule has 5 heteroatoms. The zero-order chi connectivity index (χ0) is 33.8. The minimum atomic E-state index is -1.14. The van der Waals surface area contributed by atoms with Crippen molar-refractivity contribution in [1.82, 2.24) is 0 Å². The molecule has 0 aromatic heterocycles. The van der Waals surface area contributed by atoms with Gasteiger partial charge in [-0.05, 0) is 80.4 Å². The third kappa shape index (κ3) is 6.42. The van der Waals surface area contributed by atoms with E-state index in [2.05, 4.69) is 85.6 Å². The average Bonchev–Trinajstić information content (AvgIpc) is 3.41. The molecule has 5 aromatic rings. The van der Waals surface area contributed by atoms with E-state index in [9.17, 15) is 4.79 Å². The number of esters is 1. The molecule has 1 atom stereocenters. The number of carbonyl (C=O) groups excluding carboxylic acids is 1. The zero-order valence-electron chi connectivity index (χ0n) is 28.9. The number of anilines is 4. The lowest BCUT2D eigenvalue weighted by molar-refractivity contribution is 0.0224. The van der Waals surface area contributed by atoms with Crippen molar-refractivity contribution < 1.29 is 14.3 Å². The molecule has 0 radical (unpaired) electrons. The second-order valence-electron chi connectivity index (χ2n) is 13.5. The highest BCUT2D eigenvalue weighted by Crippen LogP contribution is 2.57. The Morgan fingerprint density at radius 1 is 0.653 bits per heavy atom. The Morgan fingerprint density at radius 2 is 1.33 bits per heavy atom. The van der Waals surface area contributed by atoms with E-state index < -0.39 is 5.60 Å². The molecule has 2 heterocycles. The number of nitrogens with one attached hydrogen (secondary N) is 1. The van der Waals surface area contributed by atoms with Crippen LogP contribution >= 0.6 is 0 Å². The number of ether oxygens (including phenoxy) is 2. The van der Waals surface area contributed by atoms with Crippen molar-refractivity contribution in [2.75, 3.05) is 16.8 Å². The number of benzene rings is 5. The van der Waals surface area contributed by atoms with Crippen LogP contribution in [0, 0.1) is 13.8 Å². The predicted molar refractivity (Wildman–Crippen MR) is 200 cm³/mol. The Bertz CT molecular complexity index is 1930. The maximum absolute atomic E-state index is 13.5. The van der Waals surface area contributed by atoms with Crippen molar-refractivity contribution in [2.45, 2.75) is 77.7 Å². The minimum Gasteiger partial charge on any atom is -0.456 e. The summed E-state index contributed by atoms with van der Waals surface area (Å²) < 4.78 is 13.3. The van der Waals surface area contributed by atoms with Gasteiger partial charge in [0.25, 0.3) is 0 Å². The molecule has 7 rings (SSSR count). The van der Waals surface area contributed by atoms with Crippen LogP contribution in [0.4, 0.5) is 22.7 Å². The van der Waals surface area contributed by atoms with Crippen LogP contribution in [0.1, 0.15) is 96.5 Å². The third-order valence-corrected chi connectivity index (χ3v) is 9.99. The molecule has 0 bridgehead atoms. The zero-order valence-corrected chi connectivity index (χ0v) is 28.9. The largest absolute Gasteiger partial charge is 0.456 e. The lowest BCUT2D eigenvalue weighted by Crippen LogP contribution is -2.33. The number of hydrogen-bond acceptors (Lipinski definition) is 5. The van der Waals surface area contributed by atoms with Crippen LogP contribution in [0.3, 0.4) is 0 Å². The number of fused-ring (bicyclic) bond motifs is 6. The fourth-order valence-electron chi connectivity index (χ4n) is 7.32. The Labute approximate surface area is 290 Å². The summed E-state index contributed by atoms with van der Waals surface area (Å²) in [6.45, 7) is 7.37. The van der Waals surface area contributed by atoms with E-state index in [0.29, 0.717) is 17.1 Å². The maximum Gasteiger partial charge on any atom is 0.340 e. The second-order valence-corrected chi connectivity index (χ2v) is 13.5. The summed E-state index contributed by atoms with van der Waals surface area (Å²) in [4.78, 5) is 15.9. The van der Waals surface area contributed by atoms with Crippen molar-refractivity contribution in [3.8, 4) is 11.5 Å². The highest BCUT2D eigenvalue weighted by molar-refractivity contribution is 5.97. The molecule has 1 N–H and O–H groups in total. The Morgan fingerprint density at radius 3 is 2.10 bits per heavy atom. The van der Waals surface area contributed by atoms with Crippen molar-refractivity contribution in [1.29, 1.82) is 0 Å². The fourth-order valence-corrected chi connectivity index (χ4v) is 7.32. The molecular weight excluding hydrogens is 604 g/mol. The summed E-state index contributed by atoms with van der Waals surface area (Å²) in [6, 6.07) is 37.2. The van der Waals surface area contributed by atoms with Crippen molar-refractivity contribution in [3.05, 3.63) is 143 Å². The molecule has 5 aromatic carbocycles.